The molecule has 3 rings (SSSR count). The summed E-state index contributed by atoms with van der Waals surface area (Å²) in [5, 5.41) is 7.41. The van der Waals surface area contributed by atoms with E-state index in [9.17, 15) is 4.79 Å². The smallest absolute Gasteiger partial charge is 0.255 e. The predicted octanol–water partition coefficient (Wildman–Crippen LogP) is 2.50. The van der Waals surface area contributed by atoms with E-state index in [1.165, 1.54) is 5.56 Å². The van der Waals surface area contributed by atoms with Gasteiger partial charge in [-0.15, -0.1) is 0 Å². The summed E-state index contributed by atoms with van der Waals surface area (Å²) in [6.45, 7) is 4.51. The van der Waals surface area contributed by atoms with E-state index in [2.05, 4.69) is 34.7 Å². The molecule has 0 saturated heterocycles. The molecule has 110 valence electrons. The molecule has 4 heteroatoms. The number of nitrogens with one attached hydrogen (secondary N) is 1. The van der Waals surface area contributed by atoms with Crippen LogP contribution in [0.4, 0.5) is 0 Å². The largest absolute Gasteiger partial charge is 0.351 e. The van der Waals surface area contributed by atoms with Gasteiger partial charge in [-0.25, -0.2) is 0 Å². The Morgan fingerprint density at radius 2 is 1.95 bits per heavy atom. The van der Waals surface area contributed by atoms with Crippen LogP contribution in [0.2, 0.25) is 0 Å². The van der Waals surface area contributed by atoms with E-state index >= 15 is 0 Å². The van der Waals surface area contributed by atoms with Crippen LogP contribution < -0.4 is 5.32 Å². The fourth-order valence-corrected chi connectivity index (χ4v) is 2.95. The molecule has 1 aliphatic rings. The number of carbonyl (C=O) groups is 1. The molecular weight excluding hydrogens is 262 g/mol. The summed E-state index contributed by atoms with van der Waals surface area (Å²) < 4.78 is 1.76. The zero-order valence-electron chi connectivity index (χ0n) is 12.8. The molecule has 4 nitrogen and oxygen atoms in total. The van der Waals surface area contributed by atoms with Gasteiger partial charge >= 0.3 is 0 Å². The fourth-order valence-electron chi connectivity index (χ4n) is 2.95. The van der Waals surface area contributed by atoms with E-state index in [-0.39, 0.29) is 11.3 Å². The van der Waals surface area contributed by atoms with E-state index in [0.717, 1.165) is 24.2 Å². The molecule has 1 aliphatic carbocycles. The summed E-state index contributed by atoms with van der Waals surface area (Å²) in [4.78, 5) is 12.4. The van der Waals surface area contributed by atoms with E-state index in [0.29, 0.717) is 12.1 Å². The normalized spacial score (nSPS) is 15.8. The molecule has 1 aromatic heterocycles. The second kappa shape index (κ2) is 5.02. The monoisotopic (exact) mass is 283 g/mol. The highest BCUT2D eigenvalue weighted by Crippen LogP contribution is 2.47. The molecule has 1 heterocycles. The molecule has 0 spiro atoms. The third kappa shape index (κ3) is 2.46. The molecule has 0 radical (unpaired) electrons. The van der Waals surface area contributed by atoms with Crippen LogP contribution in [0.15, 0.2) is 30.3 Å². The summed E-state index contributed by atoms with van der Waals surface area (Å²) in [7, 11) is 1.87. The number of aromatic nitrogens is 2. The van der Waals surface area contributed by atoms with Crippen LogP contribution >= 0.6 is 0 Å². The first-order chi connectivity index (χ1) is 10.0. The molecule has 0 atom stereocenters. The lowest BCUT2D eigenvalue weighted by Gasteiger charge is -2.16. The number of amides is 1. The molecule has 1 N–H and O–H groups in total. The highest BCUT2D eigenvalue weighted by molar-refractivity contribution is 5.96. The molecule has 0 bridgehead atoms. The molecule has 1 amide bonds. The minimum Gasteiger partial charge on any atom is -0.351 e. The van der Waals surface area contributed by atoms with Gasteiger partial charge < -0.3 is 5.32 Å². The van der Waals surface area contributed by atoms with Crippen molar-refractivity contribution < 1.29 is 4.79 Å². The van der Waals surface area contributed by atoms with Crippen molar-refractivity contribution in [1.82, 2.24) is 15.1 Å². The Labute approximate surface area is 125 Å². The SMILES string of the molecule is Cc1nn(C)c(C)c1C(=O)NCC1(c2ccccc2)CC1. The topological polar surface area (TPSA) is 46.9 Å². The Kier molecular flexibility index (Phi) is 3.32. The number of hydrogen-bond donors (Lipinski definition) is 1. The van der Waals surface area contributed by atoms with Crippen LogP contribution in [0.5, 0.6) is 0 Å². The fraction of sp³-hybridized carbons (Fsp3) is 0.412. The first-order valence-corrected chi connectivity index (χ1v) is 7.37. The third-order valence-corrected chi connectivity index (χ3v) is 4.56. The van der Waals surface area contributed by atoms with Crippen LogP contribution in [-0.2, 0) is 12.5 Å². The summed E-state index contributed by atoms with van der Waals surface area (Å²) in [6, 6.07) is 10.5. The van der Waals surface area contributed by atoms with Gasteiger partial charge in [-0.3, -0.25) is 9.48 Å². The number of benzene rings is 1. The lowest BCUT2D eigenvalue weighted by molar-refractivity contribution is 0.0948. The average Bonchev–Trinajstić information content (AvgIpc) is 3.22. The van der Waals surface area contributed by atoms with E-state index < -0.39 is 0 Å². The van der Waals surface area contributed by atoms with Gasteiger partial charge in [0.2, 0.25) is 0 Å². The molecule has 1 saturated carbocycles. The minimum atomic E-state index is -0.0136. The van der Waals surface area contributed by atoms with Gasteiger partial charge in [-0.05, 0) is 32.3 Å². The Balaban J connectivity index is 1.72. The number of hydrogen-bond acceptors (Lipinski definition) is 2. The number of nitrogens with zero attached hydrogens (tertiary/aromatic N) is 2. The predicted molar refractivity (Wildman–Crippen MR) is 82.4 cm³/mol. The van der Waals surface area contributed by atoms with Crippen LogP contribution in [0.3, 0.4) is 0 Å². The first-order valence-electron chi connectivity index (χ1n) is 7.37. The van der Waals surface area contributed by atoms with E-state index in [1.807, 2.05) is 27.0 Å². The first kappa shape index (κ1) is 13.9. The van der Waals surface area contributed by atoms with Crippen LogP contribution in [0.1, 0.15) is 40.2 Å². The minimum absolute atomic E-state index is 0.0136. The Morgan fingerprint density at radius 3 is 2.48 bits per heavy atom. The number of rotatable bonds is 4. The molecular formula is C17H21N3O. The summed E-state index contributed by atoms with van der Waals surface area (Å²) >= 11 is 0. The maximum atomic E-state index is 12.4. The van der Waals surface area contributed by atoms with Gasteiger partial charge in [-0.1, -0.05) is 30.3 Å². The maximum Gasteiger partial charge on any atom is 0.255 e. The van der Waals surface area contributed by atoms with E-state index in [4.69, 9.17) is 0 Å². The van der Waals surface area contributed by atoms with Crippen molar-refractivity contribution in [2.45, 2.75) is 32.1 Å². The zero-order valence-corrected chi connectivity index (χ0v) is 12.8. The number of carbonyl (C=O) groups excluding carboxylic acids is 1. The third-order valence-electron chi connectivity index (χ3n) is 4.56. The lowest BCUT2D eigenvalue weighted by atomic mass is 9.96. The van der Waals surface area contributed by atoms with Gasteiger partial charge in [-0.2, -0.15) is 5.10 Å². The van der Waals surface area contributed by atoms with Gasteiger partial charge in [0.05, 0.1) is 11.3 Å². The Morgan fingerprint density at radius 1 is 1.29 bits per heavy atom. The van der Waals surface area contributed by atoms with Gasteiger partial charge in [0.1, 0.15) is 0 Å². The molecule has 1 aromatic carbocycles. The molecule has 0 aliphatic heterocycles. The van der Waals surface area contributed by atoms with Crippen molar-refractivity contribution >= 4 is 5.91 Å². The van der Waals surface area contributed by atoms with Crippen molar-refractivity contribution in [2.75, 3.05) is 6.54 Å². The van der Waals surface area contributed by atoms with Crippen molar-refractivity contribution in [3.8, 4) is 0 Å². The Bertz CT molecular complexity index is 669. The molecule has 2 aromatic rings. The van der Waals surface area contributed by atoms with E-state index in [1.54, 1.807) is 4.68 Å². The van der Waals surface area contributed by atoms with Crippen LogP contribution in [-0.4, -0.2) is 22.2 Å². The van der Waals surface area contributed by atoms with Crippen LogP contribution in [0.25, 0.3) is 0 Å². The van der Waals surface area contributed by atoms with Gasteiger partial charge in [0.15, 0.2) is 0 Å². The number of aryl methyl sites for hydroxylation is 2. The van der Waals surface area contributed by atoms with Gasteiger partial charge in [0, 0.05) is 24.7 Å². The summed E-state index contributed by atoms with van der Waals surface area (Å²) in [5.74, 6) is -0.0136. The zero-order chi connectivity index (χ0) is 15.0. The van der Waals surface area contributed by atoms with Gasteiger partial charge in [0.25, 0.3) is 5.91 Å². The Hall–Kier alpha value is -2.10. The second-order valence-electron chi connectivity index (χ2n) is 6.00. The van der Waals surface area contributed by atoms with Crippen molar-refractivity contribution in [2.24, 2.45) is 7.05 Å². The highest BCUT2D eigenvalue weighted by Gasteiger charge is 2.44. The summed E-state index contributed by atoms with van der Waals surface area (Å²) in [5.41, 5.74) is 3.87. The quantitative estimate of drug-likeness (QED) is 0.937. The second-order valence-corrected chi connectivity index (χ2v) is 6.00. The standard InChI is InChI=1S/C17H21N3O/c1-12-15(13(2)20(3)19-12)16(21)18-11-17(9-10-17)14-7-5-4-6-8-14/h4-8H,9-11H2,1-3H3,(H,18,21). The lowest BCUT2D eigenvalue weighted by Crippen LogP contribution is -2.32. The maximum absolute atomic E-state index is 12.4. The summed E-state index contributed by atoms with van der Waals surface area (Å²) in [6.07, 6.45) is 2.28. The average molecular weight is 283 g/mol. The molecule has 1 fully saturated rings. The molecule has 0 unspecified atom stereocenters. The van der Waals surface area contributed by atoms with Crippen LogP contribution in [0, 0.1) is 13.8 Å². The molecule has 21 heavy (non-hydrogen) atoms. The highest BCUT2D eigenvalue weighted by atomic mass is 16.1. The van der Waals surface area contributed by atoms with Crippen molar-refractivity contribution in [3.05, 3.63) is 52.8 Å². The van der Waals surface area contributed by atoms with Crippen molar-refractivity contribution in [1.29, 1.82) is 0 Å². The van der Waals surface area contributed by atoms with Crippen molar-refractivity contribution in [3.63, 3.8) is 0 Å².